The Morgan fingerprint density at radius 3 is 2.26 bits per heavy atom. The normalized spacial score (nSPS) is 23.0. The van der Waals surface area contributed by atoms with Gasteiger partial charge < -0.3 is 9.47 Å². The van der Waals surface area contributed by atoms with Gasteiger partial charge in [0.2, 0.25) is 0 Å². The first-order valence-corrected chi connectivity index (χ1v) is 9.44. The highest BCUT2D eigenvalue weighted by atomic mass is 16.7. The Morgan fingerprint density at radius 1 is 1.04 bits per heavy atom. The quantitative estimate of drug-likeness (QED) is 0.560. The first-order valence-electron chi connectivity index (χ1n) is 9.44. The molecule has 2 rings (SSSR count). The van der Waals surface area contributed by atoms with E-state index >= 15 is 0 Å². The molecule has 1 aromatic rings. The molecule has 130 valence electrons. The van der Waals surface area contributed by atoms with Crippen molar-refractivity contribution in [3.05, 3.63) is 29.8 Å². The molecule has 1 atom stereocenters. The van der Waals surface area contributed by atoms with Crippen molar-refractivity contribution in [3.8, 4) is 5.75 Å². The van der Waals surface area contributed by atoms with E-state index in [4.69, 9.17) is 9.47 Å². The smallest absolute Gasteiger partial charge is 0.200 e. The van der Waals surface area contributed by atoms with Crippen LogP contribution in [-0.2, 0) is 11.2 Å². The van der Waals surface area contributed by atoms with E-state index < -0.39 is 0 Å². The van der Waals surface area contributed by atoms with Crippen molar-refractivity contribution in [2.75, 3.05) is 6.61 Å². The maximum absolute atomic E-state index is 6.17. The van der Waals surface area contributed by atoms with Gasteiger partial charge in [-0.15, -0.1) is 0 Å². The minimum Gasteiger partial charge on any atom is -0.465 e. The van der Waals surface area contributed by atoms with Gasteiger partial charge in [0.25, 0.3) is 0 Å². The van der Waals surface area contributed by atoms with Crippen LogP contribution < -0.4 is 4.74 Å². The maximum atomic E-state index is 6.17. The van der Waals surface area contributed by atoms with Crippen LogP contribution in [0.15, 0.2) is 24.3 Å². The number of hydrogen-bond acceptors (Lipinski definition) is 2. The van der Waals surface area contributed by atoms with Crippen molar-refractivity contribution in [1.82, 2.24) is 0 Å². The molecule has 0 amide bonds. The molecular weight excluding hydrogens is 284 g/mol. The highest BCUT2D eigenvalue weighted by Crippen LogP contribution is 2.29. The van der Waals surface area contributed by atoms with Crippen LogP contribution >= 0.6 is 0 Å². The Labute approximate surface area is 142 Å². The van der Waals surface area contributed by atoms with Crippen molar-refractivity contribution in [3.63, 3.8) is 0 Å². The lowest BCUT2D eigenvalue weighted by atomic mass is 9.83. The average Bonchev–Trinajstić information content (AvgIpc) is 2.54. The fraction of sp³-hybridized carbons (Fsp3) is 0.714. The molecule has 1 aliphatic carbocycles. The fourth-order valence-electron chi connectivity index (χ4n) is 3.23. The Bertz CT molecular complexity index is 430. The molecule has 0 spiro atoms. The third-order valence-corrected chi connectivity index (χ3v) is 4.92. The lowest BCUT2D eigenvalue weighted by Gasteiger charge is -2.28. The Hall–Kier alpha value is -1.02. The summed E-state index contributed by atoms with van der Waals surface area (Å²) < 4.78 is 12.3. The van der Waals surface area contributed by atoms with Crippen molar-refractivity contribution >= 4 is 0 Å². The summed E-state index contributed by atoms with van der Waals surface area (Å²) in [6.07, 6.45) is 7.19. The molecule has 1 fully saturated rings. The van der Waals surface area contributed by atoms with Gasteiger partial charge in [0.15, 0.2) is 6.29 Å². The molecule has 1 saturated carbocycles. The summed E-state index contributed by atoms with van der Waals surface area (Å²) in [4.78, 5) is 0. The first kappa shape index (κ1) is 18.3. The molecule has 0 aliphatic heterocycles. The molecule has 0 N–H and O–H groups in total. The zero-order chi connectivity index (χ0) is 16.7. The highest BCUT2D eigenvalue weighted by molar-refractivity contribution is 5.27. The van der Waals surface area contributed by atoms with Crippen LogP contribution in [0.25, 0.3) is 0 Å². The van der Waals surface area contributed by atoms with Gasteiger partial charge in [-0.3, -0.25) is 0 Å². The van der Waals surface area contributed by atoms with Gasteiger partial charge in [-0.1, -0.05) is 52.7 Å². The van der Waals surface area contributed by atoms with E-state index in [0.29, 0.717) is 11.8 Å². The second-order valence-corrected chi connectivity index (χ2v) is 7.63. The van der Waals surface area contributed by atoms with E-state index in [2.05, 4.69) is 52.0 Å². The Balaban J connectivity index is 1.85. The van der Waals surface area contributed by atoms with Crippen LogP contribution in [0.1, 0.15) is 65.4 Å². The lowest BCUT2D eigenvalue weighted by Crippen LogP contribution is -2.27. The van der Waals surface area contributed by atoms with Crippen LogP contribution in [0.5, 0.6) is 5.75 Å². The van der Waals surface area contributed by atoms with E-state index in [1.807, 2.05) is 0 Å². The third-order valence-electron chi connectivity index (χ3n) is 4.92. The summed E-state index contributed by atoms with van der Waals surface area (Å²) >= 11 is 0. The number of benzene rings is 1. The van der Waals surface area contributed by atoms with Gasteiger partial charge in [0.05, 0.1) is 6.61 Å². The number of ether oxygens (including phenoxy) is 2. The van der Waals surface area contributed by atoms with E-state index in [1.54, 1.807) is 0 Å². The summed E-state index contributed by atoms with van der Waals surface area (Å²) in [5.41, 5.74) is 1.34. The van der Waals surface area contributed by atoms with Crippen molar-refractivity contribution in [2.45, 2.75) is 72.5 Å². The van der Waals surface area contributed by atoms with Crippen LogP contribution in [0.4, 0.5) is 0 Å². The molecule has 1 aromatic carbocycles. The molecule has 1 aliphatic rings. The van der Waals surface area contributed by atoms with Crippen molar-refractivity contribution < 1.29 is 9.47 Å². The van der Waals surface area contributed by atoms with E-state index in [-0.39, 0.29) is 6.29 Å². The Morgan fingerprint density at radius 2 is 1.70 bits per heavy atom. The molecule has 2 nitrogen and oxygen atoms in total. The molecule has 1 unspecified atom stereocenters. The summed E-state index contributed by atoms with van der Waals surface area (Å²) in [6, 6.07) is 8.42. The van der Waals surface area contributed by atoms with E-state index in [0.717, 1.165) is 31.1 Å². The molecule has 0 saturated heterocycles. The summed E-state index contributed by atoms with van der Waals surface area (Å²) in [5.74, 6) is 3.10. The monoisotopic (exact) mass is 318 g/mol. The maximum Gasteiger partial charge on any atom is 0.200 e. The Kier molecular flexibility index (Phi) is 7.42. The zero-order valence-electron chi connectivity index (χ0n) is 15.4. The van der Waals surface area contributed by atoms with E-state index in [1.165, 1.54) is 31.2 Å². The van der Waals surface area contributed by atoms with Gasteiger partial charge in [-0.05, 0) is 54.7 Å². The van der Waals surface area contributed by atoms with Crippen LogP contribution in [0.2, 0.25) is 0 Å². The SMILES string of the molecule is CCc1ccc(OC(CC(C)C)OCC2CCC(C)CC2)cc1. The number of aryl methyl sites for hydroxylation is 1. The van der Waals surface area contributed by atoms with Crippen LogP contribution in [0.3, 0.4) is 0 Å². The van der Waals surface area contributed by atoms with E-state index in [9.17, 15) is 0 Å². The highest BCUT2D eigenvalue weighted by Gasteiger charge is 2.21. The first-order chi connectivity index (χ1) is 11.1. The topological polar surface area (TPSA) is 18.5 Å². The molecule has 0 bridgehead atoms. The van der Waals surface area contributed by atoms with Gasteiger partial charge >= 0.3 is 0 Å². The average molecular weight is 319 g/mol. The molecule has 2 heteroatoms. The van der Waals surface area contributed by atoms with Crippen LogP contribution in [0, 0.1) is 17.8 Å². The third kappa shape index (κ3) is 6.55. The minimum atomic E-state index is -0.123. The molecule has 23 heavy (non-hydrogen) atoms. The number of hydrogen-bond donors (Lipinski definition) is 0. The molecule has 0 radical (unpaired) electrons. The number of rotatable bonds is 8. The largest absolute Gasteiger partial charge is 0.465 e. The molecule has 0 aromatic heterocycles. The van der Waals surface area contributed by atoms with Crippen LogP contribution in [-0.4, -0.2) is 12.9 Å². The lowest BCUT2D eigenvalue weighted by molar-refractivity contribution is -0.105. The van der Waals surface area contributed by atoms with Gasteiger partial charge in [-0.2, -0.15) is 0 Å². The summed E-state index contributed by atoms with van der Waals surface area (Å²) in [6.45, 7) is 9.83. The fourth-order valence-corrected chi connectivity index (χ4v) is 3.23. The second kappa shape index (κ2) is 9.32. The standard InChI is InChI=1S/C21H34O2/c1-5-18-10-12-20(13-11-18)23-21(14-16(2)3)22-15-19-8-6-17(4)7-9-19/h10-13,16-17,19,21H,5-9,14-15H2,1-4H3. The van der Waals surface area contributed by atoms with Crippen molar-refractivity contribution in [1.29, 1.82) is 0 Å². The predicted molar refractivity (Wildman–Crippen MR) is 96.8 cm³/mol. The van der Waals surface area contributed by atoms with Gasteiger partial charge in [0, 0.05) is 6.42 Å². The van der Waals surface area contributed by atoms with Gasteiger partial charge in [-0.25, -0.2) is 0 Å². The summed E-state index contributed by atoms with van der Waals surface area (Å²) in [5, 5.41) is 0. The van der Waals surface area contributed by atoms with Gasteiger partial charge in [0.1, 0.15) is 5.75 Å². The minimum absolute atomic E-state index is 0.123. The summed E-state index contributed by atoms with van der Waals surface area (Å²) in [7, 11) is 0. The molecule has 0 heterocycles. The van der Waals surface area contributed by atoms with Crippen molar-refractivity contribution in [2.24, 2.45) is 17.8 Å². The zero-order valence-corrected chi connectivity index (χ0v) is 15.4. The predicted octanol–water partition coefficient (Wildman–Crippen LogP) is 5.84. The second-order valence-electron chi connectivity index (χ2n) is 7.63. The molecular formula is C21H34O2.